The lowest BCUT2D eigenvalue weighted by Gasteiger charge is -2.21. The van der Waals surface area contributed by atoms with Crippen LogP contribution in [0.2, 0.25) is 0 Å². The molecule has 0 aliphatic heterocycles. The normalized spacial score (nSPS) is 11.8. The quantitative estimate of drug-likeness (QED) is 0.387. The van der Waals surface area contributed by atoms with Gasteiger partial charge >= 0.3 is 0 Å². The summed E-state index contributed by atoms with van der Waals surface area (Å²) in [5.41, 5.74) is 2.97. The minimum Gasteiger partial charge on any atom is -0.384 e. The van der Waals surface area contributed by atoms with Crippen molar-refractivity contribution in [2.75, 3.05) is 6.61 Å². The van der Waals surface area contributed by atoms with Gasteiger partial charge in [-0.1, -0.05) is 42.2 Å². The number of benzene rings is 2. The highest BCUT2D eigenvalue weighted by Crippen LogP contribution is 2.24. The van der Waals surface area contributed by atoms with Gasteiger partial charge in [0.15, 0.2) is 5.65 Å². The van der Waals surface area contributed by atoms with E-state index in [1.807, 2.05) is 55.5 Å². The number of fused-ring (bicyclic) bond motifs is 2. The molecule has 0 aliphatic carbocycles. The molecule has 5 rings (SSSR count). The van der Waals surface area contributed by atoms with E-state index < -0.39 is 6.04 Å². The van der Waals surface area contributed by atoms with E-state index in [0.29, 0.717) is 44.6 Å². The minimum absolute atomic E-state index is 0.258. The monoisotopic (exact) mass is 477 g/mol. The summed E-state index contributed by atoms with van der Waals surface area (Å²) in [6.45, 7) is 3.29. The molecule has 36 heavy (non-hydrogen) atoms. The van der Waals surface area contributed by atoms with Crippen molar-refractivity contribution in [3.05, 3.63) is 106 Å². The molecular weight excluding hydrogens is 454 g/mol. The Hall–Kier alpha value is -4.74. The van der Waals surface area contributed by atoms with Crippen molar-refractivity contribution in [1.82, 2.24) is 24.5 Å². The zero-order valence-electron chi connectivity index (χ0n) is 19.8. The summed E-state index contributed by atoms with van der Waals surface area (Å²) in [6.07, 6.45) is 3.35. The molecule has 0 saturated carbocycles. The van der Waals surface area contributed by atoms with Crippen LogP contribution in [0.5, 0.6) is 0 Å². The lowest BCUT2D eigenvalue weighted by molar-refractivity contribution is 0.0939. The van der Waals surface area contributed by atoms with Crippen LogP contribution in [0.25, 0.3) is 22.1 Å². The molecule has 2 N–H and O–H groups in total. The van der Waals surface area contributed by atoms with Gasteiger partial charge in [-0.25, -0.2) is 9.50 Å². The molecule has 1 amide bonds. The predicted octanol–water partition coefficient (Wildman–Crippen LogP) is 3.18. The average molecular weight is 478 g/mol. The summed E-state index contributed by atoms with van der Waals surface area (Å²) in [6, 6.07) is 17.8. The highest BCUT2D eigenvalue weighted by atomic mass is 16.2. The smallest absolute Gasteiger partial charge is 0.264 e. The van der Waals surface area contributed by atoms with E-state index in [9.17, 15) is 9.59 Å². The number of carbonyl (C=O) groups is 1. The molecule has 0 aliphatic rings. The second-order valence-corrected chi connectivity index (χ2v) is 8.32. The third kappa shape index (κ3) is 4.02. The lowest BCUT2D eigenvalue weighted by Crippen LogP contribution is -2.32. The fraction of sp³-hybridized carbons (Fsp3) is 0.143. The van der Waals surface area contributed by atoms with Gasteiger partial charge in [0.05, 0.1) is 17.1 Å². The molecule has 8 nitrogen and oxygen atoms in total. The van der Waals surface area contributed by atoms with Gasteiger partial charge in [-0.2, -0.15) is 5.10 Å². The number of pyridine rings is 1. The van der Waals surface area contributed by atoms with Crippen molar-refractivity contribution in [1.29, 1.82) is 0 Å². The number of nitrogens with zero attached hydrogens (tertiary/aromatic N) is 4. The molecule has 0 spiro atoms. The largest absolute Gasteiger partial charge is 0.384 e. The average Bonchev–Trinajstić information content (AvgIpc) is 3.23. The van der Waals surface area contributed by atoms with E-state index in [1.165, 1.54) is 0 Å². The Morgan fingerprint density at radius 2 is 1.94 bits per heavy atom. The molecule has 2 aromatic carbocycles. The molecule has 3 aromatic heterocycles. The first-order valence-electron chi connectivity index (χ1n) is 11.4. The molecule has 0 saturated heterocycles. The van der Waals surface area contributed by atoms with Crippen molar-refractivity contribution in [3.63, 3.8) is 0 Å². The molecule has 1 atom stereocenters. The molecular formula is C28H23N5O3. The highest BCUT2D eigenvalue weighted by molar-refractivity contribution is 6.01. The molecule has 0 radical (unpaired) electrons. The zero-order chi connectivity index (χ0) is 25.2. The van der Waals surface area contributed by atoms with Crippen molar-refractivity contribution < 1.29 is 9.90 Å². The van der Waals surface area contributed by atoms with E-state index in [4.69, 9.17) is 5.11 Å². The van der Waals surface area contributed by atoms with Crippen LogP contribution in [0.4, 0.5) is 0 Å². The summed E-state index contributed by atoms with van der Waals surface area (Å²) < 4.78 is 3.17. The van der Waals surface area contributed by atoms with Gasteiger partial charge in [0.1, 0.15) is 12.2 Å². The van der Waals surface area contributed by atoms with E-state index in [-0.39, 0.29) is 18.1 Å². The van der Waals surface area contributed by atoms with Crippen LogP contribution < -0.4 is 10.9 Å². The van der Waals surface area contributed by atoms with E-state index in [0.717, 1.165) is 0 Å². The number of rotatable bonds is 4. The Bertz CT molecular complexity index is 1730. The van der Waals surface area contributed by atoms with Crippen molar-refractivity contribution in [3.8, 4) is 17.5 Å². The third-order valence-corrected chi connectivity index (χ3v) is 5.98. The number of aliphatic hydroxyl groups is 1. The molecule has 0 fully saturated rings. The van der Waals surface area contributed by atoms with Crippen LogP contribution in [0.3, 0.4) is 0 Å². The number of carbonyl (C=O) groups excluding carboxylic acids is 1. The fourth-order valence-electron chi connectivity index (χ4n) is 4.39. The second kappa shape index (κ2) is 9.49. The number of amides is 1. The topological polar surface area (TPSA) is 102 Å². The number of para-hydroxylation sites is 1. The van der Waals surface area contributed by atoms with Crippen molar-refractivity contribution in [2.45, 2.75) is 19.9 Å². The number of nitrogens with one attached hydrogen (secondary N) is 1. The van der Waals surface area contributed by atoms with Crippen LogP contribution >= 0.6 is 0 Å². The molecule has 8 heteroatoms. The van der Waals surface area contributed by atoms with Gasteiger partial charge in [-0.15, -0.1) is 0 Å². The highest BCUT2D eigenvalue weighted by Gasteiger charge is 2.23. The number of aryl methyl sites for hydroxylation is 1. The first-order chi connectivity index (χ1) is 17.5. The number of aliphatic hydroxyl groups excluding tert-OH is 1. The third-order valence-electron chi connectivity index (χ3n) is 5.98. The van der Waals surface area contributed by atoms with Crippen LogP contribution in [-0.2, 0) is 0 Å². The summed E-state index contributed by atoms with van der Waals surface area (Å²) in [7, 11) is 0. The first kappa shape index (κ1) is 23.0. The summed E-state index contributed by atoms with van der Waals surface area (Å²) >= 11 is 0. The fourth-order valence-corrected chi connectivity index (χ4v) is 4.39. The Morgan fingerprint density at radius 1 is 1.14 bits per heavy atom. The number of hydrogen-bond donors (Lipinski definition) is 2. The summed E-state index contributed by atoms with van der Waals surface area (Å²) in [5, 5.41) is 17.7. The van der Waals surface area contributed by atoms with Crippen molar-refractivity contribution >= 4 is 22.3 Å². The maximum atomic E-state index is 13.9. The van der Waals surface area contributed by atoms with Crippen LogP contribution in [0.15, 0.2) is 77.9 Å². The van der Waals surface area contributed by atoms with Crippen molar-refractivity contribution in [2.24, 2.45) is 0 Å². The van der Waals surface area contributed by atoms with Crippen LogP contribution in [-0.4, -0.2) is 36.8 Å². The van der Waals surface area contributed by atoms with E-state index in [1.54, 1.807) is 40.5 Å². The predicted molar refractivity (Wildman–Crippen MR) is 137 cm³/mol. The molecule has 1 unspecified atom stereocenters. The molecule has 5 aromatic rings. The minimum atomic E-state index is -0.528. The Morgan fingerprint density at radius 3 is 2.72 bits per heavy atom. The Labute approximate surface area is 206 Å². The maximum absolute atomic E-state index is 13.9. The van der Waals surface area contributed by atoms with Gasteiger partial charge in [0, 0.05) is 29.3 Å². The second-order valence-electron chi connectivity index (χ2n) is 8.32. The van der Waals surface area contributed by atoms with Gasteiger partial charge in [-0.05, 0) is 49.6 Å². The number of aromatic nitrogens is 4. The maximum Gasteiger partial charge on any atom is 0.264 e. The van der Waals surface area contributed by atoms with Crippen LogP contribution in [0.1, 0.15) is 40.3 Å². The summed E-state index contributed by atoms with van der Waals surface area (Å²) in [4.78, 5) is 31.5. The van der Waals surface area contributed by atoms with Gasteiger partial charge < -0.3 is 10.4 Å². The standard InChI is InChI=1S/C28H23N5O3/c1-18(30-27(35)24-19(2)31-32-15-8-14-29-26(24)32)23-17-21-10-6-9-20(11-7-16-34)25(21)28(36)33(23)22-12-4-3-5-13-22/h3-6,8-10,12-15,17-18,34H,16H2,1-2H3,(H,30,35). The first-order valence-corrected chi connectivity index (χ1v) is 11.4. The Kier molecular flexibility index (Phi) is 6.07. The SMILES string of the molecule is Cc1nn2cccnc2c1C(=O)NC(C)c1cc2cccc(C#CCO)c2c(=O)n1-c1ccccc1. The zero-order valence-corrected chi connectivity index (χ0v) is 19.8. The van der Waals surface area contributed by atoms with Gasteiger partial charge in [0.25, 0.3) is 11.5 Å². The van der Waals surface area contributed by atoms with Gasteiger partial charge in [0.2, 0.25) is 0 Å². The molecule has 3 heterocycles. The summed E-state index contributed by atoms with van der Waals surface area (Å²) in [5.74, 6) is 5.18. The molecule has 178 valence electrons. The lowest BCUT2D eigenvalue weighted by atomic mass is 10.0. The van der Waals surface area contributed by atoms with Crippen LogP contribution in [0, 0.1) is 18.8 Å². The molecule has 0 bridgehead atoms. The number of hydrogen-bond acceptors (Lipinski definition) is 5. The van der Waals surface area contributed by atoms with Gasteiger partial charge in [-0.3, -0.25) is 14.2 Å². The van der Waals surface area contributed by atoms with E-state index in [2.05, 4.69) is 27.2 Å². The Balaban J connectivity index is 1.66. The van der Waals surface area contributed by atoms with E-state index >= 15 is 0 Å².